The lowest BCUT2D eigenvalue weighted by Crippen LogP contribution is -2.34. The molecule has 0 spiro atoms. The second-order valence-corrected chi connectivity index (χ2v) is 10.2. The van der Waals surface area contributed by atoms with Crippen LogP contribution in [0.15, 0.2) is 48.7 Å². The highest BCUT2D eigenvalue weighted by Crippen LogP contribution is 2.48. The van der Waals surface area contributed by atoms with Gasteiger partial charge in [0.2, 0.25) is 0 Å². The van der Waals surface area contributed by atoms with Crippen molar-refractivity contribution in [2.45, 2.75) is 64.7 Å². The van der Waals surface area contributed by atoms with Gasteiger partial charge in [-0.3, -0.25) is 0 Å². The van der Waals surface area contributed by atoms with Gasteiger partial charge in [0.1, 0.15) is 0 Å². The summed E-state index contributed by atoms with van der Waals surface area (Å²) < 4.78 is 0. The second-order valence-electron chi connectivity index (χ2n) is 9.20. The molecule has 28 heavy (non-hydrogen) atoms. The third-order valence-electron chi connectivity index (χ3n) is 6.25. The van der Waals surface area contributed by atoms with Crippen LogP contribution in [0.3, 0.4) is 0 Å². The van der Waals surface area contributed by atoms with Gasteiger partial charge in [0.25, 0.3) is 0 Å². The third kappa shape index (κ3) is 3.48. The van der Waals surface area contributed by atoms with E-state index in [0.29, 0.717) is 0 Å². The minimum absolute atomic E-state index is 0.224. The van der Waals surface area contributed by atoms with E-state index in [9.17, 15) is 0 Å². The second kappa shape index (κ2) is 7.04. The zero-order valence-electron chi connectivity index (χ0n) is 17.6. The van der Waals surface area contributed by atoms with Crippen molar-refractivity contribution in [2.75, 3.05) is 5.32 Å². The van der Waals surface area contributed by atoms with Crippen LogP contribution >= 0.6 is 11.3 Å². The maximum Gasteiger partial charge on any atom is 0.187 e. The Bertz CT molecular complexity index is 983. The highest BCUT2D eigenvalue weighted by molar-refractivity contribution is 7.19. The molecule has 0 fully saturated rings. The summed E-state index contributed by atoms with van der Waals surface area (Å²) in [5, 5.41) is 4.38. The Morgan fingerprint density at radius 1 is 0.964 bits per heavy atom. The fourth-order valence-corrected chi connectivity index (χ4v) is 5.17. The number of hydrogen-bond donors (Lipinski definition) is 1. The first-order chi connectivity index (χ1) is 13.3. The van der Waals surface area contributed by atoms with Gasteiger partial charge >= 0.3 is 0 Å². The molecule has 3 aromatic rings. The number of nitrogens with one attached hydrogen (secondary N) is 1. The van der Waals surface area contributed by atoms with E-state index in [1.165, 1.54) is 40.0 Å². The number of para-hydroxylation sites is 1. The van der Waals surface area contributed by atoms with Crippen LogP contribution in [0.4, 0.5) is 10.8 Å². The smallest absolute Gasteiger partial charge is 0.187 e. The molecule has 2 aromatic carbocycles. The molecule has 0 saturated carbocycles. The lowest BCUT2D eigenvalue weighted by Gasteiger charge is -2.42. The Morgan fingerprint density at radius 2 is 1.61 bits per heavy atom. The van der Waals surface area contributed by atoms with Crippen LogP contribution in [0.5, 0.6) is 0 Å². The molecule has 1 N–H and O–H groups in total. The molecule has 1 heterocycles. The van der Waals surface area contributed by atoms with Crippen molar-refractivity contribution >= 4 is 22.2 Å². The van der Waals surface area contributed by atoms with Crippen molar-refractivity contribution in [3.05, 3.63) is 65.4 Å². The van der Waals surface area contributed by atoms with E-state index in [1.807, 2.05) is 24.4 Å². The van der Waals surface area contributed by atoms with Crippen LogP contribution in [0, 0.1) is 0 Å². The van der Waals surface area contributed by atoms with Gasteiger partial charge in [-0.25, -0.2) is 4.98 Å². The Hall–Kier alpha value is -2.13. The molecule has 0 bridgehead atoms. The number of benzene rings is 2. The molecule has 0 radical (unpaired) electrons. The van der Waals surface area contributed by atoms with E-state index >= 15 is 0 Å². The lowest BCUT2D eigenvalue weighted by molar-refractivity contribution is 0.332. The molecule has 0 unspecified atom stereocenters. The number of nitrogens with zero attached hydrogens (tertiary/aromatic N) is 1. The maximum atomic E-state index is 4.65. The van der Waals surface area contributed by atoms with Gasteiger partial charge in [-0.05, 0) is 70.5 Å². The van der Waals surface area contributed by atoms with Crippen molar-refractivity contribution < 1.29 is 0 Å². The fourth-order valence-electron chi connectivity index (χ4n) is 4.28. The normalized spacial score (nSPS) is 17.2. The van der Waals surface area contributed by atoms with E-state index in [2.05, 4.69) is 69.2 Å². The van der Waals surface area contributed by atoms with Crippen LogP contribution in [0.1, 0.15) is 64.2 Å². The largest absolute Gasteiger partial charge is 0.332 e. The number of anilines is 2. The molecule has 0 amide bonds. The van der Waals surface area contributed by atoms with Gasteiger partial charge < -0.3 is 5.32 Å². The Kier molecular flexibility index (Phi) is 4.83. The highest BCUT2D eigenvalue weighted by atomic mass is 32.1. The van der Waals surface area contributed by atoms with Gasteiger partial charge in [-0.1, -0.05) is 70.2 Å². The summed E-state index contributed by atoms with van der Waals surface area (Å²) in [6, 6.07) is 15.2. The number of rotatable bonds is 4. The number of aromatic nitrogens is 1. The Labute approximate surface area is 173 Å². The first kappa shape index (κ1) is 19.2. The van der Waals surface area contributed by atoms with Gasteiger partial charge in [0.15, 0.2) is 5.13 Å². The summed E-state index contributed by atoms with van der Waals surface area (Å²) >= 11 is 1.74. The summed E-state index contributed by atoms with van der Waals surface area (Å²) in [4.78, 5) is 5.90. The van der Waals surface area contributed by atoms with Gasteiger partial charge in [0, 0.05) is 11.9 Å². The SMILES string of the molecule is CCc1cc2c(cc1-c1cnc(Nc3ccccc3)s1)C(C)(C)CCC2(C)C. The zero-order valence-corrected chi connectivity index (χ0v) is 18.4. The summed E-state index contributed by atoms with van der Waals surface area (Å²) in [6.45, 7) is 11.8. The molecule has 0 saturated heterocycles. The number of fused-ring (bicyclic) bond motifs is 1. The monoisotopic (exact) mass is 390 g/mol. The summed E-state index contributed by atoms with van der Waals surface area (Å²) in [5.74, 6) is 0. The third-order valence-corrected chi connectivity index (χ3v) is 7.20. The quantitative estimate of drug-likeness (QED) is 0.500. The summed E-state index contributed by atoms with van der Waals surface area (Å²) in [6.07, 6.45) is 5.55. The Balaban J connectivity index is 1.76. The summed E-state index contributed by atoms with van der Waals surface area (Å²) in [7, 11) is 0. The minimum Gasteiger partial charge on any atom is -0.332 e. The number of aryl methyl sites for hydroxylation is 1. The topological polar surface area (TPSA) is 24.9 Å². The molecule has 1 aliphatic rings. The van der Waals surface area contributed by atoms with Gasteiger partial charge in [-0.15, -0.1) is 0 Å². The first-order valence-corrected chi connectivity index (χ1v) is 11.1. The highest BCUT2D eigenvalue weighted by Gasteiger charge is 2.37. The number of thiazole rings is 1. The number of hydrogen-bond acceptors (Lipinski definition) is 3. The molecule has 1 aromatic heterocycles. The minimum atomic E-state index is 0.224. The Morgan fingerprint density at radius 3 is 2.25 bits per heavy atom. The standard InChI is InChI=1S/C25H30N2S/c1-6-17-14-20-21(25(4,5)13-12-24(20,2)3)15-19(17)22-16-26-23(28-22)27-18-10-8-7-9-11-18/h7-11,14-16H,6,12-13H2,1-5H3,(H,26,27). The average molecular weight is 391 g/mol. The van der Waals surface area contributed by atoms with E-state index in [1.54, 1.807) is 11.3 Å². The fraction of sp³-hybridized carbons (Fsp3) is 0.400. The molecule has 0 aliphatic heterocycles. The van der Waals surface area contributed by atoms with Crippen LogP contribution in [-0.4, -0.2) is 4.98 Å². The molecule has 0 atom stereocenters. The van der Waals surface area contributed by atoms with Crippen LogP contribution < -0.4 is 5.32 Å². The molecular formula is C25H30N2S. The van der Waals surface area contributed by atoms with E-state index in [0.717, 1.165) is 17.2 Å². The van der Waals surface area contributed by atoms with Crippen molar-refractivity contribution in [1.82, 2.24) is 4.98 Å². The van der Waals surface area contributed by atoms with Crippen molar-refractivity contribution in [1.29, 1.82) is 0 Å². The first-order valence-electron chi connectivity index (χ1n) is 10.3. The summed E-state index contributed by atoms with van der Waals surface area (Å²) in [5.41, 5.74) is 7.39. The molecule has 2 nitrogen and oxygen atoms in total. The van der Waals surface area contributed by atoms with E-state index in [4.69, 9.17) is 0 Å². The lowest BCUT2D eigenvalue weighted by atomic mass is 9.62. The van der Waals surface area contributed by atoms with Gasteiger partial charge in [-0.2, -0.15) is 0 Å². The van der Waals surface area contributed by atoms with Crippen LogP contribution in [-0.2, 0) is 17.3 Å². The molecule has 146 valence electrons. The van der Waals surface area contributed by atoms with Crippen molar-refractivity contribution in [2.24, 2.45) is 0 Å². The predicted octanol–water partition coefficient (Wildman–Crippen LogP) is 7.47. The van der Waals surface area contributed by atoms with Crippen LogP contribution in [0.2, 0.25) is 0 Å². The molecule has 1 aliphatic carbocycles. The molecular weight excluding hydrogens is 360 g/mol. The van der Waals surface area contributed by atoms with Crippen molar-refractivity contribution in [3.63, 3.8) is 0 Å². The predicted molar refractivity (Wildman–Crippen MR) is 122 cm³/mol. The maximum absolute atomic E-state index is 4.65. The van der Waals surface area contributed by atoms with Crippen molar-refractivity contribution in [3.8, 4) is 10.4 Å². The van der Waals surface area contributed by atoms with E-state index in [-0.39, 0.29) is 10.8 Å². The van der Waals surface area contributed by atoms with E-state index < -0.39 is 0 Å². The average Bonchev–Trinajstić information content (AvgIpc) is 3.14. The molecule has 4 rings (SSSR count). The van der Waals surface area contributed by atoms with Crippen LogP contribution in [0.25, 0.3) is 10.4 Å². The zero-order chi connectivity index (χ0) is 19.9. The molecule has 3 heteroatoms. The van der Waals surface area contributed by atoms with Gasteiger partial charge in [0.05, 0.1) is 4.88 Å².